The molecule has 0 aromatic carbocycles. The van der Waals surface area contributed by atoms with Crippen LogP contribution in [0.5, 0.6) is 0 Å². The maximum Gasteiger partial charge on any atom is 0.237 e. The van der Waals surface area contributed by atoms with Crippen LogP contribution in [0.2, 0.25) is 0 Å². The van der Waals surface area contributed by atoms with Gasteiger partial charge in [-0.1, -0.05) is 26.7 Å². The molecule has 2 N–H and O–H groups in total. The minimum atomic E-state index is 0. The van der Waals surface area contributed by atoms with E-state index >= 15 is 0 Å². The van der Waals surface area contributed by atoms with Crippen molar-refractivity contribution in [3.05, 3.63) is 0 Å². The number of hydrogen-bond acceptors (Lipinski definition) is 2. The zero-order chi connectivity index (χ0) is 11.5. The highest BCUT2D eigenvalue weighted by Crippen LogP contribution is 2.33. The SMILES string of the molecule is CC(C)CNC(=O)C1CC2CCCCC2N1.Cl. The molecular formula is C13H25ClN2O. The fourth-order valence-corrected chi connectivity index (χ4v) is 2.95. The highest BCUT2D eigenvalue weighted by Gasteiger charge is 2.37. The summed E-state index contributed by atoms with van der Waals surface area (Å²) < 4.78 is 0. The van der Waals surface area contributed by atoms with Gasteiger partial charge in [-0.05, 0) is 31.1 Å². The Bertz CT molecular complexity index is 244. The minimum Gasteiger partial charge on any atom is -0.354 e. The number of hydrogen-bond donors (Lipinski definition) is 2. The molecule has 1 amide bonds. The van der Waals surface area contributed by atoms with E-state index in [-0.39, 0.29) is 24.4 Å². The van der Waals surface area contributed by atoms with E-state index in [1.807, 2.05) is 0 Å². The summed E-state index contributed by atoms with van der Waals surface area (Å²) in [7, 11) is 0. The zero-order valence-electron chi connectivity index (χ0n) is 10.9. The molecule has 1 heterocycles. The largest absolute Gasteiger partial charge is 0.354 e. The summed E-state index contributed by atoms with van der Waals surface area (Å²) in [4.78, 5) is 11.9. The van der Waals surface area contributed by atoms with Crippen LogP contribution in [-0.2, 0) is 4.79 Å². The van der Waals surface area contributed by atoms with Crippen molar-refractivity contribution in [3.8, 4) is 0 Å². The lowest BCUT2D eigenvalue weighted by molar-refractivity contribution is -0.123. The fourth-order valence-electron chi connectivity index (χ4n) is 2.95. The Kier molecular flexibility index (Phi) is 5.74. The van der Waals surface area contributed by atoms with Crippen LogP contribution < -0.4 is 10.6 Å². The van der Waals surface area contributed by atoms with E-state index in [1.54, 1.807) is 0 Å². The predicted octanol–water partition coefficient (Wildman–Crippen LogP) is 2.10. The van der Waals surface area contributed by atoms with Gasteiger partial charge in [0.2, 0.25) is 5.91 Å². The molecule has 2 rings (SSSR count). The normalized spacial score (nSPS) is 31.8. The van der Waals surface area contributed by atoms with Crippen LogP contribution in [0.1, 0.15) is 46.0 Å². The van der Waals surface area contributed by atoms with Crippen LogP contribution >= 0.6 is 12.4 Å². The summed E-state index contributed by atoms with van der Waals surface area (Å²) in [5.41, 5.74) is 0. The second-order valence-electron chi connectivity index (χ2n) is 5.74. The molecule has 1 aliphatic carbocycles. The Labute approximate surface area is 111 Å². The van der Waals surface area contributed by atoms with Crippen LogP contribution in [0.4, 0.5) is 0 Å². The van der Waals surface area contributed by atoms with E-state index in [9.17, 15) is 4.79 Å². The number of fused-ring (bicyclic) bond motifs is 1. The van der Waals surface area contributed by atoms with Crippen LogP contribution in [0.3, 0.4) is 0 Å². The van der Waals surface area contributed by atoms with E-state index in [0.29, 0.717) is 12.0 Å². The van der Waals surface area contributed by atoms with Gasteiger partial charge in [0, 0.05) is 12.6 Å². The number of amides is 1. The number of halogens is 1. The number of carbonyl (C=O) groups is 1. The number of carbonyl (C=O) groups excluding carboxylic acids is 1. The fraction of sp³-hybridized carbons (Fsp3) is 0.923. The highest BCUT2D eigenvalue weighted by molar-refractivity contribution is 5.85. The van der Waals surface area contributed by atoms with Crippen molar-refractivity contribution < 1.29 is 4.79 Å². The number of nitrogens with one attached hydrogen (secondary N) is 2. The van der Waals surface area contributed by atoms with Gasteiger partial charge in [-0.25, -0.2) is 0 Å². The molecule has 1 saturated carbocycles. The summed E-state index contributed by atoms with van der Waals surface area (Å²) in [6.45, 7) is 5.05. The Balaban J connectivity index is 0.00000144. The average Bonchev–Trinajstić information content (AvgIpc) is 2.69. The first kappa shape index (κ1) is 14.8. The molecular weight excluding hydrogens is 236 g/mol. The third-order valence-corrected chi connectivity index (χ3v) is 3.86. The molecule has 0 bridgehead atoms. The zero-order valence-corrected chi connectivity index (χ0v) is 11.7. The van der Waals surface area contributed by atoms with Gasteiger partial charge in [-0.2, -0.15) is 0 Å². The van der Waals surface area contributed by atoms with E-state index < -0.39 is 0 Å². The Morgan fingerprint density at radius 1 is 1.35 bits per heavy atom. The molecule has 3 nitrogen and oxygen atoms in total. The van der Waals surface area contributed by atoms with Crippen molar-refractivity contribution in [2.45, 2.75) is 58.0 Å². The van der Waals surface area contributed by atoms with E-state index in [0.717, 1.165) is 18.9 Å². The molecule has 3 unspecified atom stereocenters. The van der Waals surface area contributed by atoms with Crippen molar-refractivity contribution >= 4 is 18.3 Å². The van der Waals surface area contributed by atoms with E-state index in [2.05, 4.69) is 24.5 Å². The van der Waals surface area contributed by atoms with E-state index in [1.165, 1.54) is 25.7 Å². The number of rotatable bonds is 3. The van der Waals surface area contributed by atoms with E-state index in [4.69, 9.17) is 0 Å². The molecule has 1 saturated heterocycles. The lowest BCUT2D eigenvalue weighted by Gasteiger charge is -2.24. The molecule has 2 aliphatic rings. The quantitative estimate of drug-likeness (QED) is 0.816. The first-order valence-corrected chi connectivity index (χ1v) is 6.70. The molecule has 1 aliphatic heterocycles. The maximum absolute atomic E-state index is 11.9. The molecule has 3 atom stereocenters. The third kappa shape index (κ3) is 3.85. The topological polar surface area (TPSA) is 41.1 Å². The predicted molar refractivity (Wildman–Crippen MR) is 72.4 cm³/mol. The highest BCUT2D eigenvalue weighted by atomic mass is 35.5. The summed E-state index contributed by atoms with van der Waals surface area (Å²) in [6.07, 6.45) is 6.30. The van der Waals surface area contributed by atoms with Gasteiger partial charge in [0.25, 0.3) is 0 Å². The monoisotopic (exact) mass is 260 g/mol. The molecule has 0 aromatic heterocycles. The molecule has 100 valence electrons. The molecule has 4 heteroatoms. The molecule has 0 spiro atoms. The van der Waals surface area contributed by atoms with Gasteiger partial charge in [0.15, 0.2) is 0 Å². The Hall–Kier alpha value is -0.280. The average molecular weight is 261 g/mol. The van der Waals surface area contributed by atoms with Crippen molar-refractivity contribution in [3.63, 3.8) is 0 Å². The van der Waals surface area contributed by atoms with Gasteiger partial charge in [0.1, 0.15) is 0 Å². The second-order valence-corrected chi connectivity index (χ2v) is 5.74. The summed E-state index contributed by atoms with van der Waals surface area (Å²) in [5.74, 6) is 1.50. The standard InChI is InChI=1S/C13H24N2O.ClH/c1-9(2)8-14-13(16)12-7-10-5-3-4-6-11(10)15-12;/h9-12,15H,3-8H2,1-2H3,(H,14,16);1H. The Morgan fingerprint density at radius 3 is 2.71 bits per heavy atom. The second kappa shape index (κ2) is 6.60. The molecule has 0 radical (unpaired) electrons. The lowest BCUT2D eigenvalue weighted by Crippen LogP contribution is -2.44. The van der Waals surface area contributed by atoms with Crippen LogP contribution in [0.25, 0.3) is 0 Å². The minimum absolute atomic E-state index is 0. The summed E-state index contributed by atoms with van der Waals surface area (Å²) in [5, 5.41) is 6.54. The van der Waals surface area contributed by atoms with Gasteiger partial charge in [-0.15, -0.1) is 12.4 Å². The Morgan fingerprint density at radius 2 is 2.06 bits per heavy atom. The maximum atomic E-state index is 11.9. The van der Waals surface area contributed by atoms with Crippen molar-refractivity contribution in [1.29, 1.82) is 0 Å². The van der Waals surface area contributed by atoms with Crippen LogP contribution in [0, 0.1) is 11.8 Å². The molecule has 0 aromatic rings. The van der Waals surface area contributed by atoms with Crippen LogP contribution in [-0.4, -0.2) is 24.5 Å². The first-order valence-electron chi connectivity index (χ1n) is 6.70. The summed E-state index contributed by atoms with van der Waals surface area (Å²) in [6, 6.07) is 0.690. The molecule has 2 fully saturated rings. The van der Waals surface area contributed by atoms with Gasteiger partial charge in [-0.3, -0.25) is 4.79 Å². The van der Waals surface area contributed by atoms with Crippen molar-refractivity contribution in [2.24, 2.45) is 11.8 Å². The van der Waals surface area contributed by atoms with Gasteiger partial charge < -0.3 is 10.6 Å². The first-order chi connectivity index (χ1) is 7.66. The third-order valence-electron chi connectivity index (χ3n) is 3.86. The smallest absolute Gasteiger partial charge is 0.237 e. The van der Waals surface area contributed by atoms with Gasteiger partial charge in [0.05, 0.1) is 6.04 Å². The lowest BCUT2D eigenvalue weighted by atomic mass is 9.85. The molecule has 17 heavy (non-hydrogen) atoms. The van der Waals surface area contributed by atoms with Crippen molar-refractivity contribution in [2.75, 3.05) is 6.54 Å². The van der Waals surface area contributed by atoms with Crippen molar-refractivity contribution in [1.82, 2.24) is 10.6 Å². The summed E-state index contributed by atoms with van der Waals surface area (Å²) >= 11 is 0. The van der Waals surface area contributed by atoms with Crippen LogP contribution in [0.15, 0.2) is 0 Å². The van der Waals surface area contributed by atoms with Gasteiger partial charge >= 0.3 is 0 Å².